The summed E-state index contributed by atoms with van der Waals surface area (Å²) in [6.45, 7) is 5.62. The largest absolute Gasteiger partial charge is 0.460 e. The van der Waals surface area contributed by atoms with Crippen LogP contribution < -0.4 is 5.32 Å². The van der Waals surface area contributed by atoms with E-state index in [2.05, 4.69) is 10.4 Å². The molecule has 0 aliphatic rings. The minimum Gasteiger partial charge on any atom is -0.460 e. The second kappa shape index (κ2) is 7.99. The molecular weight excluding hydrogens is 370 g/mol. The van der Waals surface area contributed by atoms with E-state index in [1.54, 1.807) is 19.9 Å². The van der Waals surface area contributed by atoms with E-state index in [1.807, 2.05) is 6.92 Å². The molecule has 3 aromatic heterocycles. The van der Waals surface area contributed by atoms with Crippen molar-refractivity contribution in [1.82, 2.24) is 9.78 Å². The van der Waals surface area contributed by atoms with Gasteiger partial charge in [-0.1, -0.05) is 6.92 Å². The summed E-state index contributed by atoms with van der Waals surface area (Å²) in [6.07, 6.45) is 1.29. The van der Waals surface area contributed by atoms with Crippen LogP contribution in [-0.2, 0) is 9.47 Å². The third kappa shape index (κ3) is 3.75. The van der Waals surface area contributed by atoms with Gasteiger partial charge in [0.05, 0.1) is 19.5 Å². The number of fused-ring (bicyclic) bond motifs is 1. The van der Waals surface area contributed by atoms with E-state index in [4.69, 9.17) is 18.3 Å². The first-order valence-corrected chi connectivity index (χ1v) is 8.67. The van der Waals surface area contributed by atoms with E-state index in [9.17, 15) is 14.4 Å². The molecule has 148 valence electrons. The van der Waals surface area contributed by atoms with Crippen molar-refractivity contribution >= 4 is 34.9 Å². The Morgan fingerprint density at radius 1 is 1.18 bits per heavy atom. The lowest BCUT2D eigenvalue weighted by Gasteiger charge is -2.02. The summed E-state index contributed by atoms with van der Waals surface area (Å²) >= 11 is 0. The van der Waals surface area contributed by atoms with Crippen molar-refractivity contribution in [2.24, 2.45) is 0 Å². The van der Waals surface area contributed by atoms with Gasteiger partial charge < -0.3 is 18.3 Å². The molecule has 0 fully saturated rings. The van der Waals surface area contributed by atoms with E-state index < -0.39 is 18.0 Å². The lowest BCUT2D eigenvalue weighted by Crippen LogP contribution is -2.16. The van der Waals surface area contributed by atoms with Gasteiger partial charge in [0.2, 0.25) is 5.76 Å². The van der Waals surface area contributed by atoms with Gasteiger partial charge >= 0.3 is 12.1 Å². The first-order valence-electron chi connectivity index (χ1n) is 8.67. The quantitative estimate of drug-likeness (QED) is 0.636. The third-order valence-electron chi connectivity index (χ3n) is 3.62. The van der Waals surface area contributed by atoms with Gasteiger partial charge in [-0.05, 0) is 31.9 Å². The molecule has 10 heteroatoms. The number of anilines is 1. The summed E-state index contributed by atoms with van der Waals surface area (Å²) in [7, 11) is 0. The average Bonchev–Trinajstić information content (AvgIpc) is 3.36. The number of aromatic nitrogens is 2. The van der Waals surface area contributed by atoms with Gasteiger partial charge in [0, 0.05) is 6.07 Å². The Hall–Kier alpha value is -3.56. The number of esters is 1. The normalized spacial score (nSPS) is 10.8. The van der Waals surface area contributed by atoms with Gasteiger partial charge in [-0.2, -0.15) is 4.68 Å². The van der Waals surface area contributed by atoms with Gasteiger partial charge in [-0.3, -0.25) is 10.1 Å². The lowest BCUT2D eigenvalue weighted by molar-refractivity contribution is 0.0471. The highest BCUT2D eigenvalue weighted by atomic mass is 16.6. The number of carbonyl (C=O) groups is 3. The number of nitrogens with zero attached hydrogens (tertiary/aromatic N) is 2. The van der Waals surface area contributed by atoms with E-state index in [0.29, 0.717) is 6.42 Å². The molecule has 3 rings (SSSR count). The molecule has 1 N–H and O–H groups in total. The number of furan rings is 2. The Kier molecular flexibility index (Phi) is 5.48. The van der Waals surface area contributed by atoms with E-state index >= 15 is 0 Å². The van der Waals surface area contributed by atoms with Crippen LogP contribution in [0.1, 0.15) is 46.9 Å². The van der Waals surface area contributed by atoms with E-state index in [1.165, 1.54) is 12.3 Å². The van der Waals surface area contributed by atoms with Crippen LogP contribution in [0, 0.1) is 6.92 Å². The number of aryl methyl sites for hydroxylation is 1. The first kappa shape index (κ1) is 19.2. The fourth-order valence-electron chi connectivity index (χ4n) is 2.40. The monoisotopic (exact) mass is 389 g/mol. The molecule has 0 aromatic carbocycles. The molecule has 0 bridgehead atoms. The number of hydrogen-bond acceptors (Lipinski definition) is 8. The topological polar surface area (TPSA) is 126 Å². The van der Waals surface area contributed by atoms with E-state index in [0.717, 1.165) is 10.2 Å². The number of ether oxygens (including phenoxy) is 2. The van der Waals surface area contributed by atoms with Crippen molar-refractivity contribution in [2.75, 3.05) is 18.5 Å². The highest BCUT2D eigenvalue weighted by molar-refractivity contribution is 6.07. The molecule has 3 heterocycles. The molecule has 0 saturated carbocycles. The highest BCUT2D eigenvalue weighted by Gasteiger charge is 2.26. The standard InChI is InChI=1S/C18H19N3O7/c1-4-6-26-17(23)13-8-11-14(28-13)15(20-21(11)18(24)25-5-2)19-16(22)12-7-10(3)9-27-12/h7-9H,4-6H2,1-3H3,(H,19,20,22). The fourth-order valence-corrected chi connectivity index (χ4v) is 2.40. The Balaban J connectivity index is 1.98. The van der Waals surface area contributed by atoms with Crippen molar-refractivity contribution in [1.29, 1.82) is 0 Å². The molecule has 0 aliphatic carbocycles. The van der Waals surface area contributed by atoms with Crippen molar-refractivity contribution in [2.45, 2.75) is 27.2 Å². The molecule has 0 aliphatic heterocycles. The molecule has 28 heavy (non-hydrogen) atoms. The number of nitrogens with one attached hydrogen (secondary N) is 1. The second-order valence-electron chi connectivity index (χ2n) is 5.86. The van der Waals surface area contributed by atoms with Crippen LogP contribution in [0.15, 0.2) is 27.2 Å². The molecule has 0 spiro atoms. The van der Waals surface area contributed by atoms with Crippen molar-refractivity contribution in [3.63, 3.8) is 0 Å². The Morgan fingerprint density at radius 3 is 2.61 bits per heavy atom. The smallest absolute Gasteiger partial charge is 0.435 e. The maximum Gasteiger partial charge on any atom is 0.435 e. The summed E-state index contributed by atoms with van der Waals surface area (Å²) in [5.74, 6) is -1.40. The second-order valence-corrected chi connectivity index (χ2v) is 5.86. The average molecular weight is 389 g/mol. The van der Waals surface area contributed by atoms with Gasteiger partial charge in [0.1, 0.15) is 5.52 Å². The van der Waals surface area contributed by atoms with Crippen molar-refractivity contribution < 1.29 is 32.7 Å². The van der Waals surface area contributed by atoms with E-state index in [-0.39, 0.29) is 41.7 Å². The molecule has 0 unspecified atom stereocenters. The van der Waals surface area contributed by atoms with Gasteiger partial charge in [-0.25, -0.2) is 9.59 Å². The Labute approximate surface area is 159 Å². The Bertz CT molecular complexity index is 1030. The lowest BCUT2D eigenvalue weighted by atomic mass is 10.3. The zero-order valence-corrected chi connectivity index (χ0v) is 15.6. The van der Waals surface area contributed by atoms with Crippen LogP contribution in [0.25, 0.3) is 11.1 Å². The molecular formula is C18H19N3O7. The predicted molar refractivity (Wildman–Crippen MR) is 96.4 cm³/mol. The number of rotatable bonds is 6. The maximum absolute atomic E-state index is 12.4. The maximum atomic E-state index is 12.4. The summed E-state index contributed by atoms with van der Waals surface area (Å²) < 4.78 is 21.5. The molecule has 0 radical (unpaired) electrons. The van der Waals surface area contributed by atoms with Crippen molar-refractivity contribution in [3.05, 3.63) is 35.5 Å². The molecule has 10 nitrogen and oxygen atoms in total. The summed E-state index contributed by atoms with van der Waals surface area (Å²) in [4.78, 5) is 36.6. The zero-order chi connectivity index (χ0) is 20.3. The predicted octanol–water partition coefficient (Wildman–Crippen LogP) is 3.35. The number of amides is 1. The zero-order valence-electron chi connectivity index (χ0n) is 15.6. The van der Waals surface area contributed by atoms with Crippen LogP contribution in [0.5, 0.6) is 0 Å². The SMILES string of the molecule is CCCOC(=O)c1cc2c(o1)c(NC(=O)c1cc(C)co1)nn2C(=O)OCC. The molecule has 0 atom stereocenters. The first-order chi connectivity index (χ1) is 13.4. The molecule has 1 amide bonds. The van der Waals surface area contributed by atoms with Gasteiger partial charge in [0.15, 0.2) is 17.2 Å². The summed E-state index contributed by atoms with van der Waals surface area (Å²) in [5.41, 5.74) is 0.965. The Morgan fingerprint density at radius 2 is 1.96 bits per heavy atom. The highest BCUT2D eigenvalue weighted by Crippen LogP contribution is 2.28. The molecule has 3 aromatic rings. The fraction of sp³-hybridized carbons (Fsp3) is 0.333. The minimum atomic E-state index is -0.781. The summed E-state index contributed by atoms with van der Waals surface area (Å²) in [6, 6.07) is 2.86. The molecule has 0 saturated heterocycles. The van der Waals surface area contributed by atoms with Crippen molar-refractivity contribution in [3.8, 4) is 0 Å². The number of carbonyl (C=O) groups excluding carboxylic acids is 3. The van der Waals surface area contributed by atoms with Gasteiger partial charge in [0.25, 0.3) is 5.91 Å². The van der Waals surface area contributed by atoms with Crippen LogP contribution in [0.2, 0.25) is 0 Å². The minimum absolute atomic E-state index is 0.0353. The van der Waals surface area contributed by atoms with Crippen LogP contribution in [-0.4, -0.2) is 41.0 Å². The van der Waals surface area contributed by atoms with Crippen LogP contribution in [0.4, 0.5) is 10.6 Å². The van der Waals surface area contributed by atoms with Gasteiger partial charge in [-0.15, -0.1) is 5.10 Å². The number of hydrogen-bond donors (Lipinski definition) is 1. The third-order valence-corrected chi connectivity index (χ3v) is 3.62. The van der Waals surface area contributed by atoms with Crippen LogP contribution in [0.3, 0.4) is 0 Å². The van der Waals surface area contributed by atoms with Crippen LogP contribution >= 0.6 is 0 Å². The summed E-state index contributed by atoms with van der Waals surface area (Å²) in [5, 5.41) is 6.53.